The molecule has 1 fully saturated rings. The van der Waals surface area contributed by atoms with Gasteiger partial charge in [-0.3, -0.25) is 4.79 Å². The molecule has 4 nitrogen and oxygen atoms in total. The Labute approximate surface area is 128 Å². The molecule has 1 saturated carbocycles. The lowest BCUT2D eigenvalue weighted by Gasteiger charge is -2.21. The molecule has 0 bridgehead atoms. The predicted octanol–water partition coefficient (Wildman–Crippen LogP) is 2.83. The summed E-state index contributed by atoms with van der Waals surface area (Å²) in [4.78, 5) is 14.5. The first-order chi connectivity index (χ1) is 9.52. The summed E-state index contributed by atoms with van der Waals surface area (Å²) in [5.74, 6) is 0.470. The van der Waals surface area contributed by atoms with E-state index in [1.807, 2.05) is 37.2 Å². The number of amides is 1. The number of halogens is 1. The lowest BCUT2D eigenvalue weighted by Crippen LogP contribution is -2.30. The van der Waals surface area contributed by atoms with E-state index in [2.05, 4.69) is 21.2 Å². The van der Waals surface area contributed by atoms with Crippen LogP contribution >= 0.6 is 15.9 Å². The number of nitrogens with one attached hydrogen (secondary N) is 1. The number of carbonyl (C=O) groups is 1. The summed E-state index contributed by atoms with van der Waals surface area (Å²) >= 11 is 3.45. The van der Waals surface area contributed by atoms with Crippen molar-refractivity contribution in [2.75, 3.05) is 30.9 Å². The largest absolute Gasteiger partial charge is 0.376 e. The number of benzene rings is 1. The second-order valence-electron chi connectivity index (χ2n) is 5.58. The van der Waals surface area contributed by atoms with Crippen LogP contribution in [-0.2, 0) is 4.79 Å². The molecule has 1 amide bonds. The Bertz CT molecular complexity index is 490. The minimum absolute atomic E-state index is 0.0500. The topological polar surface area (TPSA) is 58.4 Å². The molecule has 0 spiro atoms. The summed E-state index contributed by atoms with van der Waals surface area (Å²) in [6, 6.07) is 5.91. The Kier molecular flexibility index (Phi) is 5.05. The molecule has 0 heterocycles. The zero-order chi connectivity index (χ0) is 14.7. The van der Waals surface area contributed by atoms with Crippen LogP contribution in [0.25, 0.3) is 0 Å². The Morgan fingerprint density at radius 3 is 2.85 bits per heavy atom. The van der Waals surface area contributed by atoms with Gasteiger partial charge in [-0.2, -0.15) is 0 Å². The first-order valence-corrected chi connectivity index (χ1v) is 7.80. The number of anilines is 2. The van der Waals surface area contributed by atoms with Crippen molar-refractivity contribution in [3.63, 3.8) is 0 Å². The van der Waals surface area contributed by atoms with E-state index in [9.17, 15) is 4.79 Å². The van der Waals surface area contributed by atoms with Crippen molar-refractivity contribution in [1.29, 1.82) is 0 Å². The summed E-state index contributed by atoms with van der Waals surface area (Å²) in [7, 11) is 3.94. The van der Waals surface area contributed by atoms with E-state index >= 15 is 0 Å². The van der Waals surface area contributed by atoms with Gasteiger partial charge in [-0.25, -0.2) is 0 Å². The molecule has 1 aliphatic rings. The highest BCUT2D eigenvalue weighted by Gasteiger charge is 2.32. The normalized spacial score (nSPS) is 21.8. The lowest BCUT2D eigenvalue weighted by atomic mass is 9.95. The molecule has 110 valence electrons. The van der Waals surface area contributed by atoms with Crippen LogP contribution in [0.4, 0.5) is 11.4 Å². The molecule has 1 aromatic rings. The third-order valence-electron chi connectivity index (χ3n) is 4.00. The van der Waals surface area contributed by atoms with Crippen LogP contribution in [0.3, 0.4) is 0 Å². The number of nitrogens with zero attached hydrogens (tertiary/aromatic N) is 1. The van der Waals surface area contributed by atoms with Crippen molar-refractivity contribution in [3.8, 4) is 0 Å². The maximum Gasteiger partial charge on any atom is 0.227 e. The second-order valence-corrected chi connectivity index (χ2v) is 6.49. The standard InChI is InChI=1S/C15H22BrN3O/c1-19(2)14-7-6-11(16)8-13(14)18-15(20)12-5-3-4-10(12)9-17/h6-8,10,12H,3-5,9,17H2,1-2H3,(H,18,20). The van der Waals surface area contributed by atoms with Crippen LogP contribution in [-0.4, -0.2) is 26.5 Å². The fourth-order valence-electron chi connectivity index (χ4n) is 2.89. The highest BCUT2D eigenvalue weighted by molar-refractivity contribution is 9.10. The van der Waals surface area contributed by atoms with Gasteiger partial charge in [-0.15, -0.1) is 0 Å². The van der Waals surface area contributed by atoms with Crippen molar-refractivity contribution < 1.29 is 4.79 Å². The van der Waals surface area contributed by atoms with Gasteiger partial charge in [0.05, 0.1) is 11.4 Å². The summed E-state index contributed by atoms with van der Waals surface area (Å²) in [5.41, 5.74) is 7.61. The van der Waals surface area contributed by atoms with Crippen molar-refractivity contribution in [2.24, 2.45) is 17.6 Å². The summed E-state index contributed by atoms with van der Waals surface area (Å²) in [6.45, 7) is 0.594. The molecule has 2 atom stereocenters. The molecule has 20 heavy (non-hydrogen) atoms. The Balaban J connectivity index is 2.17. The van der Waals surface area contributed by atoms with Crippen LogP contribution in [0.5, 0.6) is 0 Å². The Morgan fingerprint density at radius 1 is 1.45 bits per heavy atom. The highest BCUT2D eigenvalue weighted by Crippen LogP contribution is 2.34. The molecule has 3 N–H and O–H groups in total. The minimum atomic E-state index is 0.0500. The van der Waals surface area contributed by atoms with Gasteiger partial charge in [0.25, 0.3) is 0 Å². The highest BCUT2D eigenvalue weighted by atomic mass is 79.9. The molecule has 0 radical (unpaired) electrons. The van der Waals surface area contributed by atoms with Gasteiger partial charge in [0.1, 0.15) is 0 Å². The molecule has 0 saturated heterocycles. The second kappa shape index (κ2) is 6.59. The van der Waals surface area contributed by atoms with Gasteiger partial charge in [-0.05, 0) is 43.5 Å². The van der Waals surface area contributed by atoms with Crippen LogP contribution in [0.2, 0.25) is 0 Å². The van der Waals surface area contributed by atoms with Crippen LogP contribution in [0.1, 0.15) is 19.3 Å². The van der Waals surface area contributed by atoms with Crippen molar-refractivity contribution in [1.82, 2.24) is 0 Å². The molecular formula is C15H22BrN3O. The van der Waals surface area contributed by atoms with Gasteiger partial charge >= 0.3 is 0 Å². The van der Waals surface area contributed by atoms with Gasteiger partial charge in [-0.1, -0.05) is 22.4 Å². The molecule has 1 aromatic carbocycles. The van der Waals surface area contributed by atoms with Crippen LogP contribution in [0, 0.1) is 11.8 Å². The molecule has 1 aliphatic carbocycles. The first-order valence-electron chi connectivity index (χ1n) is 7.00. The molecule has 0 aliphatic heterocycles. The van der Waals surface area contributed by atoms with Crippen molar-refractivity contribution in [2.45, 2.75) is 19.3 Å². The van der Waals surface area contributed by atoms with Gasteiger partial charge < -0.3 is 16.0 Å². The van der Waals surface area contributed by atoms with E-state index in [1.165, 1.54) is 0 Å². The van der Waals surface area contributed by atoms with Gasteiger partial charge in [0.15, 0.2) is 0 Å². The summed E-state index contributed by atoms with van der Waals surface area (Å²) in [5, 5.41) is 3.07. The van der Waals surface area contributed by atoms with E-state index in [4.69, 9.17) is 5.73 Å². The molecular weight excluding hydrogens is 318 g/mol. The van der Waals surface area contributed by atoms with Crippen LogP contribution in [0.15, 0.2) is 22.7 Å². The van der Waals surface area contributed by atoms with E-state index in [-0.39, 0.29) is 11.8 Å². The van der Waals surface area contributed by atoms with Gasteiger partial charge in [0, 0.05) is 24.5 Å². The van der Waals surface area contributed by atoms with E-state index < -0.39 is 0 Å². The molecule has 5 heteroatoms. The first kappa shape index (κ1) is 15.3. The number of rotatable bonds is 4. The van der Waals surface area contributed by atoms with Gasteiger partial charge in [0.2, 0.25) is 5.91 Å². The molecule has 2 unspecified atom stereocenters. The quantitative estimate of drug-likeness (QED) is 0.886. The Hall–Kier alpha value is -1.07. The SMILES string of the molecule is CN(C)c1ccc(Br)cc1NC(=O)C1CCCC1CN. The van der Waals surface area contributed by atoms with E-state index in [0.717, 1.165) is 35.1 Å². The van der Waals surface area contributed by atoms with E-state index in [1.54, 1.807) is 0 Å². The fraction of sp³-hybridized carbons (Fsp3) is 0.533. The van der Waals surface area contributed by atoms with E-state index in [0.29, 0.717) is 12.5 Å². The summed E-state index contributed by atoms with van der Waals surface area (Å²) < 4.78 is 0.959. The third-order valence-corrected chi connectivity index (χ3v) is 4.49. The minimum Gasteiger partial charge on any atom is -0.376 e. The smallest absolute Gasteiger partial charge is 0.227 e. The van der Waals surface area contributed by atoms with Crippen molar-refractivity contribution >= 4 is 33.2 Å². The molecule has 0 aromatic heterocycles. The lowest BCUT2D eigenvalue weighted by molar-refractivity contribution is -0.120. The number of hydrogen-bond acceptors (Lipinski definition) is 3. The van der Waals surface area contributed by atoms with Crippen LogP contribution < -0.4 is 16.0 Å². The Morgan fingerprint density at radius 2 is 2.20 bits per heavy atom. The number of hydrogen-bond donors (Lipinski definition) is 2. The average molecular weight is 340 g/mol. The maximum atomic E-state index is 12.5. The third kappa shape index (κ3) is 3.33. The zero-order valence-corrected chi connectivity index (χ0v) is 13.6. The predicted molar refractivity (Wildman–Crippen MR) is 87.0 cm³/mol. The molecule has 2 rings (SSSR count). The monoisotopic (exact) mass is 339 g/mol. The number of nitrogens with two attached hydrogens (primary N) is 1. The fourth-order valence-corrected chi connectivity index (χ4v) is 3.25. The van der Waals surface area contributed by atoms with Crippen molar-refractivity contribution in [3.05, 3.63) is 22.7 Å². The maximum absolute atomic E-state index is 12.5. The number of carbonyl (C=O) groups excluding carboxylic acids is 1. The average Bonchev–Trinajstić information content (AvgIpc) is 2.86. The zero-order valence-electron chi connectivity index (χ0n) is 12.0. The summed E-state index contributed by atoms with van der Waals surface area (Å²) in [6.07, 6.45) is 3.10.